The third-order valence-corrected chi connectivity index (χ3v) is 6.28. The summed E-state index contributed by atoms with van der Waals surface area (Å²) in [6.45, 7) is 4.45. The molecule has 1 aliphatic rings. The van der Waals surface area contributed by atoms with Gasteiger partial charge in [-0.05, 0) is 49.5 Å². The normalized spacial score (nSPS) is 18.9. The van der Waals surface area contributed by atoms with Crippen LogP contribution in [0.1, 0.15) is 96.0 Å². The Kier molecular flexibility index (Phi) is 8.85. The molecule has 30 heavy (non-hydrogen) atoms. The van der Waals surface area contributed by atoms with E-state index in [2.05, 4.69) is 48.1 Å². The van der Waals surface area contributed by atoms with Gasteiger partial charge in [-0.1, -0.05) is 70.2 Å². The van der Waals surface area contributed by atoms with Crippen molar-refractivity contribution in [1.29, 1.82) is 0 Å². The van der Waals surface area contributed by atoms with E-state index in [0.717, 1.165) is 37.2 Å². The largest absolute Gasteiger partial charge is 0.423 e. The minimum Gasteiger partial charge on any atom is -0.423 e. The summed E-state index contributed by atoms with van der Waals surface area (Å²) in [5.74, 6) is 2.49. The predicted octanol–water partition coefficient (Wildman–Crippen LogP) is 7.09. The van der Waals surface area contributed by atoms with Gasteiger partial charge in [0.15, 0.2) is 11.6 Å². The van der Waals surface area contributed by atoms with E-state index < -0.39 is 0 Å². The molecule has 1 saturated carbocycles. The van der Waals surface area contributed by atoms with Crippen LogP contribution in [0, 0.1) is 5.92 Å². The van der Waals surface area contributed by atoms with Crippen molar-refractivity contribution in [1.82, 2.24) is 9.97 Å². The van der Waals surface area contributed by atoms with Gasteiger partial charge in [0.05, 0.1) is 12.4 Å². The van der Waals surface area contributed by atoms with Crippen LogP contribution in [0.4, 0.5) is 0 Å². The zero-order chi connectivity index (χ0) is 21.2. The van der Waals surface area contributed by atoms with Crippen molar-refractivity contribution in [3.63, 3.8) is 0 Å². The second-order valence-corrected chi connectivity index (χ2v) is 8.66. The lowest BCUT2D eigenvalue weighted by molar-refractivity contribution is -0.134. The molecule has 0 atom stereocenters. The van der Waals surface area contributed by atoms with E-state index in [1.807, 2.05) is 0 Å². The minimum atomic E-state index is -0.208. The van der Waals surface area contributed by atoms with Crippen LogP contribution in [-0.2, 0) is 4.79 Å². The number of carbonyl (C=O) groups is 1. The fraction of sp³-hybridized carbons (Fsp3) is 0.577. The molecule has 3 rings (SSSR count). The summed E-state index contributed by atoms with van der Waals surface area (Å²) in [5, 5.41) is 0. The highest BCUT2D eigenvalue weighted by Crippen LogP contribution is 2.37. The molecular formula is C26H36N2O2. The SMILES string of the molecule is CCCCCCC(=O)Oc1cnc(-c2ccc(C3CCC(CCC)CC3)cc2)nc1. The van der Waals surface area contributed by atoms with Crippen LogP contribution in [0.5, 0.6) is 5.75 Å². The first kappa shape index (κ1) is 22.5. The van der Waals surface area contributed by atoms with Gasteiger partial charge in [-0.3, -0.25) is 4.79 Å². The fourth-order valence-corrected chi connectivity index (χ4v) is 4.49. The van der Waals surface area contributed by atoms with Crippen LogP contribution < -0.4 is 4.74 Å². The molecule has 4 heteroatoms. The molecule has 2 aromatic rings. The third kappa shape index (κ3) is 6.65. The molecule has 0 aliphatic heterocycles. The van der Waals surface area contributed by atoms with E-state index in [1.54, 1.807) is 12.4 Å². The second-order valence-electron chi connectivity index (χ2n) is 8.66. The van der Waals surface area contributed by atoms with E-state index in [4.69, 9.17) is 4.74 Å². The summed E-state index contributed by atoms with van der Waals surface area (Å²) in [4.78, 5) is 20.7. The zero-order valence-corrected chi connectivity index (χ0v) is 18.6. The van der Waals surface area contributed by atoms with E-state index in [9.17, 15) is 4.79 Å². The quantitative estimate of drug-likeness (QED) is 0.311. The number of benzene rings is 1. The van der Waals surface area contributed by atoms with Crippen molar-refractivity contribution in [3.8, 4) is 17.1 Å². The summed E-state index contributed by atoms with van der Waals surface area (Å²) in [6, 6.07) is 8.69. The maximum absolute atomic E-state index is 11.9. The highest BCUT2D eigenvalue weighted by atomic mass is 16.5. The molecule has 162 valence electrons. The average molecular weight is 409 g/mol. The molecule has 1 aromatic carbocycles. The lowest BCUT2D eigenvalue weighted by Gasteiger charge is -2.28. The maximum atomic E-state index is 11.9. The Hall–Kier alpha value is -2.23. The molecule has 0 bridgehead atoms. The van der Waals surface area contributed by atoms with Crippen molar-refractivity contribution < 1.29 is 9.53 Å². The summed E-state index contributed by atoms with van der Waals surface area (Å²) in [5.41, 5.74) is 2.43. The Morgan fingerprint density at radius 2 is 1.63 bits per heavy atom. The zero-order valence-electron chi connectivity index (χ0n) is 18.6. The molecule has 1 aliphatic carbocycles. The standard InChI is InChI=1S/C26H36N2O2/c1-3-5-6-7-9-25(29)30-24-18-27-26(28-19-24)23-16-14-22(15-17-23)21-12-10-20(8-4-2)11-13-21/h14-21H,3-13H2,1-2H3. The van der Waals surface area contributed by atoms with Gasteiger partial charge in [-0.15, -0.1) is 0 Å². The molecular weight excluding hydrogens is 372 g/mol. The van der Waals surface area contributed by atoms with Gasteiger partial charge in [0.1, 0.15) is 0 Å². The van der Waals surface area contributed by atoms with Crippen LogP contribution in [0.25, 0.3) is 11.4 Å². The van der Waals surface area contributed by atoms with Gasteiger partial charge in [0.2, 0.25) is 0 Å². The Balaban J connectivity index is 1.51. The molecule has 1 heterocycles. The minimum absolute atomic E-state index is 0.208. The molecule has 4 nitrogen and oxygen atoms in total. The summed E-state index contributed by atoms with van der Waals surface area (Å²) >= 11 is 0. The monoisotopic (exact) mass is 408 g/mol. The molecule has 0 saturated heterocycles. The maximum Gasteiger partial charge on any atom is 0.311 e. The van der Waals surface area contributed by atoms with E-state index >= 15 is 0 Å². The van der Waals surface area contributed by atoms with Gasteiger partial charge < -0.3 is 4.74 Å². The number of hydrogen-bond acceptors (Lipinski definition) is 4. The fourth-order valence-electron chi connectivity index (χ4n) is 4.49. The predicted molar refractivity (Wildman–Crippen MR) is 121 cm³/mol. The molecule has 0 radical (unpaired) electrons. The number of hydrogen-bond donors (Lipinski definition) is 0. The molecule has 0 N–H and O–H groups in total. The molecule has 1 fully saturated rings. The molecule has 0 spiro atoms. The first-order valence-corrected chi connectivity index (χ1v) is 11.8. The highest BCUT2D eigenvalue weighted by molar-refractivity contribution is 5.72. The van der Waals surface area contributed by atoms with Crippen molar-refractivity contribution in [2.75, 3.05) is 0 Å². The number of ether oxygens (including phenoxy) is 1. The van der Waals surface area contributed by atoms with Gasteiger partial charge in [-0.25, -0.2) is 9.97 Å². The van der Waals surface area contributed by atoms with Crippen LogP contribution >= 0.6 is 0 Å². The molecule has 0 amide bonds. The summed E-state index contributed by atoms with van der Waals surface area (Å²) in [7, 11) is 0. The van der Waals surface area contributed by atoms with E-state index in [-0.39, 0.29) is 5.97 Å². The number of nitrogens with zero attached hydrogens (tertiary/aromatic N) is 2. The lowest BCUT2D eigenvalue weighted by atomic mass is 9.77. The highest BCUT2D eigenvalue weighted by Gasteiger charge is 2.21. The second kappa shape index (κ2) is 11.8. The van der Waals surface area contributed by atoms with Crippen molar-refractivity contribution in [2.24, 2.45) is 5.92 Å². The number of aromatic nitrogens is 2. The van der Waals surface area contributed by atoms with Gasteiger partial charge in [0, 0.05) is 12.0 Å². The van der Waals surface area contributed by atoms with Crippen LogP contribution in [0.3, 0.4) is 0 Å². The van der Waals surface area contributed by atoms with Gasteiger partial charge in [-0.2, -0.15) is 0 Å². The van der Waals surface area contributed by atoms with Crippen molar-refractivity contribution in [3.05, 3.63) is 42.2 Å². The molecule has 1 aromatic heterocycles. The smallest absolute Gasteiger partial charge is 0.311 e. The first-order valence-electron chi connectivity index (χ1n) is 11.8. The summed E-state index contributed by atoms with van der Waals surface area (Å²) in [6.07, 6.45) is 15.9. The molecule has 0 unspecified atom stereocenters. The number of rotatable bonds is 10. The van der Waals surface area contributed by atoms with Gasteiger partial charge in [0.25, 0.3) is 0 Å². The van der Waals surface area contributed by atoms with E-state index in [1.165, 1.54) is 44.1 Å². The number of esters is 1. The van der Waals surface area contributed by atoms with Gasteiger partial charge >= 0.3 is 5.97 Å². The van der Waals surface area contributed by atoms with Crippen molar-refractivity contribution >= 4 is 5.97 Å². The Labute approximate surface area is 181 Å². The van der Waals surface area contributed by atoms with Crippen LogP contribution in [-0.4, -0.2) is 15.9 Å². The lowest BCUT2D eigenvalue weighted by Crippen LogP contribution is -2.13. The topological polar surface area (TPSA) is 52.1 Å². The van der Waals surface area contributed by atoms with Crippen LogP contribution in [0.2, 0.25) is 0 Å². The third-order valence-electron chi connectivity index (χ3n) is 6.28. The summed E-state index contributed by atoms with van der Waals surface area (Å²) < 4.78 is 5.35. The van der Waals surface area contributed by atoms with Crippen LogP contribution in [0.15, 0.2) is 36.7 Å². The Morgan fingerprint density at radius 3 is 2.27 bits per heavy atom. The van der Waals surface area contributed by atoms with E-state index in [0.29, 0.717) is 23.9 Å². The Morgan fingerprint density at radius 1 is 0.933 bits per heavy atom. The first-order chi connectivity index (χ1) is 14.7. The van der Waals surface area contributed by atoms with Crippen molar-refractivity contribution in [2.45, 2.75) is 90.4 Å². The number of unbranched alkanes of at least 4 members (excludes halogenated alkanes) is 3. The average Bonchev–Trinajstić information content (AvgIpc) is 2.78. The number of carbonyl (C=O) groups excluding carboxylic acids is 1. The Bertz CT molecular complexity index is 763.